The molecule has 0 saturated carbocycles. The van der Waals surface area contributed by atoms with E-state index in [0.717, 1.165) is 122 Å². The van der Waals surface area contributed by atoms with Gasteiger partial charge in [-0.2, -0.15) is 0 Å². The summed E-state index contributed by atoms with van der Waals surface area (Å²) in [7, 11) is 0. The first kappa shape index (κ1) is 56.4. The molecule has 0 N–H and O–H groups in total. The standard InChI is InChI=1S/C51H100N2O5/c1-7-13-23-33-47(34-24-14-8-2)37-31-45-57-50(55)39-27-19-17-21-29-42-53(49(54)41-44-52(11-5)12-6)43-30-22-18-20-28-40-51(56)58-46-32-38-48(35-25-15-9-3)36-26-16-10-4/h47-48H,7-46H2,1-6H3. The summed E-state index contributed by atoms with van der Waals surface area (Å²) in [4.78, 5) is 42.5. The minimum Gasteiger partial charge on any atom is -0.466 e. The lowest BCUT2D eigenvalue weighted by Gasteiger charge is -2.25. The zero-order chi connectivity index (χ0) is 42.7. The lowest BCUT2D eigenvalue weighted by atomic mass is 9.91. The maximum atomic E-state index is 13.3. The van der Waals surface area contributed by atoms with E-state index in [1.165, 1.54) is 116 Å². The van der Waals surface area contributed by atoms with Crippen LogP contribution in [0.2, 0.25) is 0 Å². The Labute approximate surface area is 361 Å². The number of ether oxygens (including phenoxy) is 2. The molecular weight excluding hydrogens is 721 g/mol. The fraction of sp³-hybridized carbons (Fsp3) is 0.941. The molecule has 0 aliphatic heterocycles. The van der Waals surface area contributed by atoms with Crippen molar-refractivity contribution >= 4 is 17.8 Å². The zero-order valence-corrected chi connectivity index (χ0v) is 39.9. The second-order valence-corrected chi connectivity index (χ2v) is 17.6. The van der Waals surface area contributed by atoms with Crippen molar-refractivity contribution in [2.75, 3.05) is 45.9 Å². The maximum Gasteiger partial charge on any atom is 0.305 e. The first-order valence-corrected chi connectivity index (χ1v) is 25.7. The van der Waals surface area contributed by atoms with Gasteiger partial charge in [0.15, 0.2) is 0 Å². The Morgan fingerprint density at radius 3 is 1.09 bits per heavy atom. The minimum absolute atomic E-state index is 0.0386. The average molecular weight is 821 g/mol. The summed E-state index contributed by atoms with van der Waals surface area (Å²) >= 11 is 0. The van der Waals surface area contributed by atoms with E-state index in [-0.39, 0.29) is 17.8 Å². The van der Waals surface area contributed by atoms with Crippen molar-refractivity contribution in [2.24, 2.45) is 11.8 Å². The van der Waals surface area contributed by atoms with Gasteiger partial charge < -0.3 is 19.3 Å². The summed E-state index contributed by atoms with van der Waals surface area (Å²) in [6.07, 6.45) is 37.3. The van der Waals surface area contributed by atoms with Gasteiger partial charge in [0.25, 0.3) is 0 Å². The maximum absolute atomic E-state index is 13.3. The van der Waals surface area contributed by atoms with Crippen LogP contribution in [0.5, 0.6) is 0 Å². The third-order valence-electron chi connectivity index (χ3n) is 12.4. The van der Waals surface area contributed by atoms with Crippen molar-refractivity contribution in [3.63, 3.8) is 0 Å². The summed E-state index contributed by atoms with van der Waals surface area (Å²) in [6, 6.07) is 0. The molecule has 0 unspecified atom stereocenters. The second-order valence-electron chi connectivity index (χ2n) is 17.6. The normalized spacial score (nSPS) is 11.6. The van der Waals surface area contributed by atoms with Gasteiger partial charge in [0.05, 0.1) is 13.2 Å². The largest absolute Gasteiger partial charge is 0.466 e. The molecule has 0 radical (unpaired) electrons. The third kappa shape index (κ3) is 36.2. The first-order valence-electron chi connectivity index (χ1n) is 25.7. The number of amides is 1. The highest BCUT2D eigenvalue weighted by Gasteiger charge is 2.15. The number of carbonyl (C=O) groups excluding carboxylic acids is 3. The van der Waals surface area contributed by atoms with Gasteiger partial charge in [0.1, 0.15) is 0 Å². The van der Waals surface area contributed by atoms with Crippen molar-refractivity contribution in [1.82, 2.24) is 9.80 Å². The highest BCUT2D eigenvalue weighted by Crippen LogP contribution is 2.24. The molecule has 0 bridgehead atoms. The van der Waals surface area contributed by atoms with Crippen LogP contribution < -0.4 is 0 Å². The van der Waals surface area contributed by atoms with E-state index in [2.05, 4.69) is 51.3 Å². The average Bonchev–Trinajstić information content (AvgIpc) is 3.22. The van der Waals surface area contributed by atoms with E-state index >= 15 is 0 Å². The van der Waals surface area contributed by atoms with E-state index in [4.69, 9.17) is 9.47 Å². The molecule has 0 aliphatic carbocycles. The Hall–Kier alpha value is -1.63. The van der Waals surface area contributed by atoms with Gasteiger partial charge >= 0.3 is 11.9 Å². The van der Waals surface area contributed by atoms with Crippen LogP contribution in [0.15, 0.2) is 0 Å². The summed E-state index contributed by atoms with van der Waals surface area (Å²) in [5.41, 5.74) is 0. The fourth-order valence-electron chi connectivity index (χ4n) is 8.38. The summed E-state index contributed by atoms with van der Waals surface area (Å²) in [5, 5.41) is 0. The number of esters is 2. The van der Waals surface area contributed by atoms with E-state index in [1.807, 2.05) is 0 Å². The predicted octanol–water partition coefficient (Wildman–Crippen LogP) is 14.4. The van der Waals surface area contributed by atoms with Crippen LogP contribution in [0.4, 0.5) is 0 Å². The molecule has 0 rings (SSSR count). The zero-order valence-electron chi connectivity index (χ0n) is 39.9. The summed E-state index contributed by atoms with van der Waals surface area (Å²) in [6.45, 7) is 19.0. The molecule has 0 aromatic heterocycles. The monoisotopic (exact) mass is 821 g/mol. The SMILES string of the molecule is CCCCCC(CCCCC)CCCOC(=O)CCCCCCCN(CCCCCCCC(=O)OCCCC(CCCCC)CCCCC)C(=O)CCN(CC)CC. The molecule has 7 nitrogen and oxygen atoms in total. The predicted molar refractivity (Wildman–Crippen MR) is 248 cm³/mol. The van der Waals surface area contributed by atoms with Crippen LogP contribution >= 0.6 is 0 Å². The van der Waals surface area contributed by atoms with Gasteiger partial charge in [-0.05, 0) is 76.3 Å². The molecule has 58 heavy (non-hydrogen) atoms. The van der Waals surface area contributed by atoms with Crippen molar-refractivity contribution in [2.45, 2.75) is 253 Å². The van der Waals surface area contributed by atoms with E-state index in [0.29, 0.717) is 32.5 Å². The van der Waals surface area contributed by atoms with Crippen molar-refractivity contribution in [3.8, 4) is 0 Å². The molecule has 0 aromatic rings. The topological polar surface area (TPSA) is 76.1 Å². The van der Waals surface area contributed by atoms with Gasteiger partial charge in [0, 0.05) is 38.9 Å². The number of carbonyl (C=O) groups is 3. The molecule has 0 saturated heterocycles. The van der Waals surface area contributed by atoms with E-state index in [9.17, 15) is 14.4 Å². The van der Waals surface area contributed by atoms with E-state index < -0.39 is 0 Å². The fourth-order valence-corrected chi connectivity index (χ4v) is 8.38. The molecule has 0 fully saturated rings. The number of hydrogen-bond acceptors (Lipinski definition) is 6. The Kier molecular flexibility index (Phi) is 42.2. The van der Waals surface area contributed by atoms with Crippen molar-refractivity contribution < 1.29 is 23.9 Å². The van der Waals surface area contributed by atoms with Gasteiger partial charge in [0.2, 0.25) is 5.91 Å². The van der Waals surface area contributed by atoms with Crippen LogP contribution in [-0.2, 0) is 23.9 Å². The van der Waals surface area contributed by atoms with Crippen molar-refractivity contribution in [3.05, 3.63) is 0 Å². The third-order valence-corrected chi connectivity index (χ3v) is 12.4. The van der Waals surface area contributed by atoms with Crippen LogP contribution in [0.25, 0.3) is 0 Å². The Balaban J connectivity index is 4.33. The lowest BCUT2D eigenvalue weighted by molar-refractivity contribution is -0.144. The minimum atomic E-state index is -0.0386. The molecule has 344 valence electrons. The molecule has 7 heteroatoms. The molecule has 0 aliphatic rings. The highest BCUT2D eigenvalue weighted by atomic mass is 16.5. The van der Waals surface area contributed by atoms with Gasteiger partial charge in [-0.1, -0.05) is 183 Å². The quantitative estimate of drug-likeness (QED) is 0.0450. The number of unbranched alkanes of at least 4 members (excludes halogenated alkanes) is 16. The molecule has 1 amide bonds. The second kappa shape index (κ2) is 43.5. The number of nitrogens with zero attached hydrogens (tertiary/aromatic N) is 2. The lowest BCUT2D eigenvalue weighted by Crippen LogP contribution is -2.36. The molecule has 0 atom stereocenters. The first-order chi connectivity index (χ1) is 28.3. The molecular formula is C51H100N2O5. The van der Waals surface area contributed by atoms with Gasteiger partial charge in [-0.15, -0.1) is 0 Å². The van der Waals surface area contributed by atoms with Crippen LogP contribution in [0, 0.1) is 11.8 Å². The highest BCUT2D eigenvalue weighted by molar-refractivity contribution is 5.76. The molecule has 0 heterocycles. The summed E-state index contributed by atoms with van der Waals surface area (Å²) in [5.74, 6) is 1.78. The summed E-state index contributed by atoms with van der Waals surface area (Å²) < 4.78 is 11.2. The van der Waals surface area contributed by atoms with Crippen LogP contribution in [0.3, 0.4) is 0 Å². The molecule has 0 spiro atoms. The number of rotatable bonds is 45. The van der Waals surface area contributed by atoms with Gasteiger partial charge in [-0.25, -0.2) is 0 Å². The Morgan fingerprint density at radius 1 is 0.379 bits per heavy atom. The van der Waals surface area contributed by atoms with Crippen LogP contribution in [-0.4, -0.2) is 73.6 Å². The smallest absolute Gasteiger partial charge is 0.305 e. The van der Waals surface area contributed by atoms with Crippen LogP contribution in [0.1, 0.15) is 253 Å². The van der Waals surface area contributed by atoms with Gasteiger partial charge in [-0.3, -0.25) is 14.4 Å². The number of hydrogen-bond donors (Lipinski definition) is 0. The van der Waals surface area contributed by atoms with Crippen molar-refractivity contribution in [1.29, 1.82) is 0 Å². The van der Waals surface area contributed by atoms with E-state index in [1.54, 1.807) is 0 Å². The Morgan fingerprint density at radius 2 is 0.724 bits per heavy atom. The molecule has 0 aromatic carbocycles. The Bertz CT molecular complexity index is 831.